The minimum absolute atomic E-state index is 0.0107. The van der Waals surface area contributed by atoms with Gasteiger partial charge in [-0.1, -0.05) is 81.8 Å². The summed E-state index contributed by atoms with van der Waals surface area (Å²) in [6.45, 7) is 9.61. The number of hydrogen-bond donors (Lipinski definition) is 3. The second kappa shape index (κ2) is 18.5. The fourth-order valence-electron chi connectivity index (χ4n) is 6.14. The average Bonchev–Trinajstić information content (AvgIpc) is 3.69. The molecule has 0 unspecified atom stereocenters. The van der Waals surface area contributed by atoms with Gasteiger partial charge in [-0.25, -0.2) is 18.2 Å². The summed E-state index contributed by atoms with van der Waals surface area (Å²) in [6, 6.07) is 13.1. The molecule has 282 valence electrons. The molecule has 14 nitrogen and oxygen atoms in total. The highest BCUT2D eigenvalue weighted by Crippen LogP contribution is 2.25. The van der Waals surface area contributed by atoms with Gasteiger partial charge in [0.1, 0.15) is 12.6 Å². The molecule has 0 aliphatic carbocycles. The van der Waals surface area contributed by atoms with Gasteiger partial charge in [0.2, 0.25) is 21.8 Å². The number of anilines is 1. The maximum atomic E-state index is 14.3. The van der Waals surface area contributed by atoms with Crippen molar-refractivity contribution in [2.75, 3.05) is 31.5 Å². The fraction of sp³-hybridized carbons (Fsp3) is 0.500. The van der Waals surface area contributed by atoms with Gasteiger partial charge in [0.15, 0.2) is 5.13 Å². The van der Waals surface area contributed by atoms with Crippen molar-refractivity contribution < 1.29 is 27.9 Å². The van der Waals surface area contributed by atoms with Crippen LogP contribution >= 0.6 is 11.3 Å². The zero-order chi connectivity index (χ0) is 38.0. The van der Waals surface area contributed by atoms with Gasteiger partial charge in [-0.05, 0) is 41.5 Å². The van der Waals surface area contributed by atoms with Gasteiger partial charge in [-0.3, -0.25) is 9.59 Å². The molecule has 2 heterocycles. The van der Waals surface area contributed by atoms with Crippen LogP contribution in [0, 0.1) is 16.7 Å². The van der Waals surface area contributed by atoms with Crippen LogP contribution in [-0.2, 0) is 39.1 Å². The Bertz CT molecular complexity index is 1770. The van der Waals surface area contributed by atoms with Crippen LogP contribution in [0.1, 0.15) is 57.9 Å². The molecule has 0 spiro atoms. The van der Waals surface area contributed by atoms with E-state index >= 15 is 0 Å². The molecule has 4 atom stereocenters. The van der Waals surface area contributed by atoms with Crippen LogP contribution in [0.15, 0.2) is 70.0 Å². The third-order valence-electron chi connectivity index (χ3n) is 8.96. The Morgan fingerprint density at radius 1 is 1.04 bits per heavy atom. The van der Waals surface area contributed by atoms with Crippen molar-refractivity contribution >= 4 is 44.3 Å². The van der Waals surface area contributed by atoms with E-state index in [0.717, 1.165) is 5.56 Å². The summed E-state index contributed by atoms with van der Waals surface area (Å²) in [5.41, 5.74) is 2.02. The van der Waals surface area contributed by atoms with Gasteiger partial charge in [0.05, 0.1) is 29.3 Å². The van der Waals surface area contributed by atoms with Crippen molar-refractivity contribution in [3.05, 3.63) is 81.7 Å². The van der Waals surface area contributed by atoms with E-state index in [9.17, 15) is 32.8 Å². The largest absolute Gasteiger partial charge is 0.390 e. The van der Waals surface area contributed by atoms with Gasteiger partial charge in [-0.15, -0.1) is 11.3 Å². The lowest BCUT2D eigenvalue weighted by Gasteiger charge is -2.35. The molecular weight excluding hydrogens is 707 g/mol. The molecule has 3 aromatic rings. The Balaban J connectivity index is 1.57. The Labute approximate surface area is 309 Å². The normalized spacial score (nSPS) is 15.8. The molecule has 2 aromatic carbocycles. The molecular formula is C36H49N7O7S2. The summed E-state index contributed by atoms with van der Waals surface area (Å²) in [5.74, 6) is -0.998. The first-order valence-electron chi connectivity index (χ1n) is 17.4. The minimum Gasteiger partial charge on any atom is -0.390 e. The highest BCUT2D eigenvalue weighted by atomic mass is 32.2. The molecule has 0 saturated carbocycles. The Hall–Kier alpha value is -4.25. The number of carbonyl (C=O) groups is 3. The molecule has 1 saturated heterocycles. The second-order valence-electron chi connectivity index (χ2n) is 13.6. The first kappa shape index (κ1) is 40.5. The minimum atomic E-state index is -4.08. The van der Waals surface area contributed by atoms with Crippen LogP contribution in [0.2, 0.25) is 0 Å². The van der Waals surface area contributed by atoms with Crippen LogP contribution in [0.25, 0.3) is 0 Å². The number of urea groups is 1. The molecule has 3 N–H and O–H groups in total. The first-order chi connectivity index (χ1) is 24.7. The monoisotopic (exact) mass is 755 g/mol. The fourth-order valence-corrected chi connectivity index (χ4v) is 8.51. The SMILES string of the molecule is CC[C@H](C)[C@@H](C(=O)N[C@@H](Cc1ccccc1)[C@H](O)CN(CC(C)C)S(=O)(=O)c1ccc(CN=O)cc1)N1CCN(Cc2csc(NC(C)=O)n2)C1=O. The number of hydrogen-bond acceptors (Lipinski definition) is 10. The summed E-state index contributed by atoms with van der Waals surface area (Å²) in [5, 5.41) is 22.5. The number of aromatic nitrogens is 1. The maximum absolute atomic E-state index is 14.3. The summed E-state index contributed by atoms with van der Waals surface area (Å²) >= 11 is 1.27. The van der Waals surface area contributed by atoms with Crippen molar-refractivity contribution in [2.45, 2.75) is 83.6 Å². The van der Waals surface area contributed by atoms with Gasteiger partial charge < -0.3 is 25.5 Å². The van der Waals surface area contributed by atoms with E-state index in [-0.39, 0.29) is 61.3 Å². The molecule has 1 aliphatic heterocycles. The Kier molecular flexibility index (Phi) is 14.4. The number of carbonyl (C=O) groups excluding carboxylic acids is 3. The molecule has 4 amide bonds. The number of thiazole rings is 1. The van der Waals surface area contributed by atoms with Crippen LogP contribution in [0.4, 0.5) is 9.93 Å². The Morgan fingerprint density at radius 2 is 1.73 bits per heavy atom. The molecule has 1 fully saturated rings. The third-order valence-corrected chi connectivity index (χ3v) is 11.6. The number of rotatable bonds is 19. The highest BCUT2D eigenvalue weighted by Gasteiger charge is 2.41. The van der Waals surface area contributed by atoms with Gasteiger partial charge in [0, 0.05) is 38.5 Å². The number of nitroso groups, excluding NO2 is 1. The maximum Gasteiger partial charge on any atom is 0.321 e. The van der Waals surface area contributed by atoms with E-state index in [0.29, 0.717) is 35.9 Å². The number of amides is 4. The van der Waals surface area contributed by atoms with E-state index in [1.807, 2.05) is 58.0 Å². The molecule has 1 aromatic heterocycles. The van der Waals surface area contributed by atoms with Crippen molar-refractivity contribution in [3.63, 3.8) is 0 Å². The first-order valence-corrected chi connectivity index (χ1v) is 19.7. The lowest BCUT2D eigenvalue weighted by molar-refractivity contribution is -0.128. The molecule has 16 heteroatoms. The van der Waals surface area contributed by atoms with E-state index in [1.54, 1.807) is 15.2 Å². The van der Waals surface area contributed by atoms with Crippen LogP contribution in [0.5, 0.6) is 0 Å². The summed E-state index contributed by atoms with van der Waals surface area (Å²) in [4.78, 5) is 57.7. The van der Waals surface area contributed by atoms with Crippen molar-refractivity contribution in [2.24, 2.45) is 17.0 Å². The summed E-state index contributed by atoms with van der Waals surface area (Å²) in [7, 11) is -4.08. The average molecular weight is 756 g/mol. The number of aliphatic hydroxyl groups is 1. The van der Waals surface area contributed by atoms with Gasteiger partial charge >= 0.3 is 6.03 Å². The lowest BCUT2D eigenvalue weighted by atomic mass is 9.95. The van der Waals surface area contributed by atoms with E-state index in [2.05, 4.69) is 20.8 Å². The number of nitrogens with one attached hydrogen (secondary N) is 2. The number of nitrogens with zero attached hydrogens (tertiary/aromatic N) is 5. The predicted octanol–water partition coefficient (Wildman–Crippen LogP) is 4.46. The lowest BCUT2D eigenvalue weighted by Crippen LogP contribution is -2.57. The van der Waals surface area contributed by atoms with E-state index in [1.165, 1.54) is 46.8 Å². The molecule has 1 aliphatic rings. The van der Waals surface area contributed by atoms with Crippen molar-refractivity contribution in [1.29, 1.82) is 0 Å². The molecule has 52 heavy (non-hydrogen) atoms. The quantitative estimate of drug-likeness (QED) is 0.150. The van der Waals surface area contributed by atoms with Gasteiger partial charge in [-0.2, -0.15) is 9.21 Å². The number of aliphatic hydroxyl groups excluding tert-OH is 1. The van der Waals surface area contributed by atoms with Crippen molar-refractivity contribution in [1.82, 2.24) is 24.4 Å². The van der Waals surface area contributed by atoms with Crippen molar-refractivity contribution in [3.8, 4) is 0 Å². The Morgan fingerprint density at radius 3 is 2.35 bits per heavy atom. The van der Waals surface area contributed by atoms with Crippen LogP contribution < -0.4 is 10.6 Å². The molecule has 0 radical (unpaired) electrons. The molecule has 0 bridgehead atoms. The van der Waals surface area contributed by atoms with E-state index in [4.69, 9.17) is 0 Å². The second-order valence-corrected chi connectivity index (χ2v) is 16.4. The standard InChI is InChI=1S/C36H49N7O7S2/c1-6-25(4)33(43-17-16-41(36(43)47)21-29-23-51-35(39-29)38-26(5)44)34(46)40-31(18-27-10-8-7-9-11-27)32(45)22-42(20-24(2)3)52(49,50)30-14-12-28(13-15-30)19-37-48/h7-15,23-25,31-33,45H,6,16-22H2,1-5H3,(H,40,46)(H,38,39,44)/t25-,31-,32+,33-/m0/s1. The number of sulfonamides is 1. The smallest absolute Gasteiger partial charge is 0.321 e. The number of benzene rings is 2. The summed E-state index contributed by atoms with van der Waals surface area (Å²) < 4.78 is 29.0. The summed E-state index contributed by atoms with van der Waals surface area (Å²) in [6.07, 6.45) is -0.506. The highest BCUT2D eigenvalue weighted by molar-refractivity contribution is 7.89. The molecule has 4 rings (SSSR count). The van der Waals surface area contributed by atoms with Gasteiger partial charge in [0.25, 0.3) is 0 Å². The predicted molar refractivity (Wildman–Crippen MR) is 200 cm³/mol. The third kappa shape index (κ3) is 10.6. The topological polar surface area (TPSA) is 182 Å². The zero-order valence-electron chi connectivity index (χ0n) is 30.3. The van der Waals surface area contributed by atoms with E-state index < -0.39 is 34.1 Å². The van der Waals surface area contributed by atoms with Crippen LogP contribution in [-0.4, -0.2) is 94.8 Å². The zero-order valence-corrected chi connectivity index (χ0v) is 31.9. The van der Waals surface area contributed by atoms with Crippen LogP contribution in [0.3, 0.4) is 0 Å².